The second kappa shape index (κ2) is 3.73. The average Bonchev–Trinajstić information content (AvgIpc) is 2.53. The summed E-state index contributed by atoms with van der Waals surface area (Å²) in [6, 6.07) is 0.283. The Morgan fingerprint density at radius 2 is 1.83 bits per heavy atom. The number of rotatable bonds is 1. The Balaban J connectivity index is 1.89. The Hall–Kier alpha value is -0.120. The predicted octanol–water partition coefficient (Wildman–Crippen LogP) is 0.232. The molecule has 0 amide bonds. The third-order valence-corrected chi connectivity index (χ3v) is 2.88. The lowest BCUT2D eigenvalue weighted by Gasteiger charge is -2.32. The molecule has 2 aliphatic heterocycles. The largest absolute Gasteiger partial charge is 0.389 e. The molecule has 1 N–H and O–H groups in total. The van der Waals surface area contributed by atoms with Crippen molar-refractivity contribution in [2.75, 3.05) is 26.3 Å². The van der Waals surface area contributed by atoms with Crippen molar-refractivity contribution in [1.82, 2.24) is 4.90 Å². The molecule has 2 atom stereocenters. The first kappa shape index (κ1) is 8.48. The lowest BCUT2D eigenvalue weighted by molar-refractivity contribution is 0.0704. The first-order valence-electron chi connectivity index (χ1n) is 4.88. The third-order valence-electron chi connectivity index (χ3n) is 2.88. The van der Waals surface area contributed by atoms with Crippen LogP contribution >= 0.6 is 0 Å². The summed E-state index contributed by atoms with van der Waals surface area (Å²) in [5, 5.41) is 9.57. The zero-order valence-electron chi connectivity index (χ0n) is 7.41. The van der Waals surface area contributed by atoms with E-state index in [-0.39, 0.29) is 12.1 Å². The molecular weight excluding hydrogens is 154 g/mol. The molecule has 2 heterocycles. The van der Waals surface area contributed by atoms with Crippen LogP contribution in [0.3, 0.4) is 0 Å². The second-order valence-corrected chi connectivity index (χ2v) is 3.77. The molecule has 2 rings (SSSR count). The van der Waals surface area contributed by atoms with Crippen LogP contribution in [0.25, 0.3) is 0 Å². The highest BCUT2D eigenvalue weighted by atomic mass is 16.5. The third kappa shape index (κ3) is 1.63. The lowest BCUT2D eigenvalue weighted by Crippen LogP contribution is -2.45. The maximum atomic E-state index is 9.57. The summed E-state index contributed by atoms with van der Waals surface area (Å²) in [5.41, 5.74) is 0. The van der Waals surface area contributed by atoms with E-state index >= 15 is 0 Å². The Morgan fingerprint density at radius 1 is 1.08 bits per heavy atom. The summed E-state index contributed by atoms with van der Waals surface area (Å²) in [6.07, 6.45) is 3.66. The number of aliphatic hydroxyl groups is 1. The monoisotopic (exact) mass is 171 g/mol. The molecule has 0 saturated carbocycles. The fraction of sp³-hybridized carbons (Fsp3) is 1.00. The number of likely N-dealkylation sites (tertiary alicyclic amines) is 1. The first-order valence-corrected chi connectivity index (χ1v) is 4.88. The van der Waals surface area contributed by atoms with E-state index < -0.39 is 0 Å². The summed E-state index contributed by atoms with van der Waals surface area (Å²) in [6.45, 7) is 3.54. The fourth-order valence-electron chi connectivity index (χ4n) is 2.13. The summed E-state index contributed by atoms with van der Waals surface area (Å²) < 4.78 is 5.23. The molecule has 2 fully saturated rings. The number of hydrogen-bond acceptors (Lipinski definition) is 3. The summed E-state index contributed by atoms with van der Waals surface area (Å²) in [5.74, 6) is 0. The van der Waals surface area contributed by atoms with Crippen molar-refractivity contribution in [1.29, 1.82) is 0 Å². The number of aliphatic hydroxyl groups excluding tert-OH is 1. The van der Waals surface area contributed by atoms with Gasteiger partial charge in [0.2, 0.25) is 0 Å². The van der Waals surface area contributed by atoms with Crippen LogP contribution in [0.4, 0.5) is 0 Å². The van der Waals surface area contributed by atoms with Crippen molar-refractivity contribution in [3.8, 4) is 0 Å². The molecule has 0 aromatic carbocycles. The number of nitrogens with zero attached hydrogens (tertiary/aromatic N) is 1. The van der Waals surface area contributed by atoms with Crippen LogP contribution in [0.1, 0.15) is 19.3 Å². The van der Waals surface area contributed by atoms with Gasteiger partial charge in [-0.15, -0.1) is 0 Å². The zero-order chi connectivity index (χ0) is 8.39. The van der Waals surface area contributed by atoms with E-state index in [1.165, 1.54) is 19.3 Å². The van der Waals surface area contributed by atoms with Gasteiger partial charge in [0.1, 0.15) is 0 Å². The Bertz CT molecular complexity index is 145. The zero-order valence-corrected chi connectivity index (χ0v) is 7.41. The molecule has 2 aliphatic rings. The van der Waals surface area contributed by atoms with E-state index in [0.717, 1.165) is 19.7 Å². The Kier molecular flexibility index (Phi) is 2.63. The predicted molar refractivity (Wildman–Crippen MR) is 46.0 cm³/mol. The molecule has 12 heavy (non-hydrogen) atoms. The standard InChI is InChI=1S/C9H17NO2/c11-9-7-12-6-8(9)10-4-2-1-3-5-10/h8-9,11H,1-7H2/t8?,9-/m1/s1. The number of piperidine rings is 1. The maximum absolute atomic E-state index is 9.57. The van der Waals surface area contributed by atoms with E-state index in [4.69, 9.17) is 4.74 Å². The molecule has 0 bridgehead atoms. The van der Waals surface area contributed by atoms with Crippen LogP contribution < -0.4 is 0 Å². The van der Waals surface area contributed by atoms with Crippen LogP contribution in [0.5, 0.6) is 0 Å². The van der Waals surface area contributed by atoms with Crippen LogP contribution in [0.15, 0.2) is 0 Å². The average molecular weight is 171 g/mol. The van der Waals surface area contributed by atoms with Crippen LogP contribution in [0.2, 0.25) is 0 Å². The topological polar surface area (TPSA) is 32.7 Å². The van der Waals surface area contributed by atoms with E-state index in [1.54, 1.807) is 0 Å². The molecule has 3 heteroatoms. The highest BCUT2D eigenvalue weighted by Gasteiger charge is 2.31. The molecule has 3 nitrogen and oxygen atoms in total. The molecule has 0 radical (unpaired) electrons. The molecule has 2 saturated heterocycles. The van der Waals surface area contributed by atoms with Crippen LogP contribution in [0, 0.1) is 0 Å². The minimum absolute atomic E-state index is 0.247. The van der Waals surface area contributed by atoms with Gasteiger partial charge < -0.3 is 9.84 Å². The van der Waals surface area contributed by atoms with Gasteiger partial charge in [0.05, 0.1) is 25.4 Å². The Morgan fingerprint density at radius 3 is 2.42 bits per heavy atom. The molecular formula is C9H17NO2. The van der Waals surface area contributed by atoms with Gasteiger partial charge in [-0.05, 0) is 25.9 Å². The van der Waals surface area contributed by atoms with Gasteiger partial charge in [-0.1, -0.05) is 6.42 Å². The maximum Gasteiger partial charge on any atom is 0.0950 e. The van der Waals surface area contributed by atoms with Crippen LogP contribution in [-0.2, 0) is 4.74 Å². The highest BCUT2D eigenvalue weighted by molar-refractivity contribution is 4.84. The fourth-order valence-corrected chi connectivity index (χ4v) is 2.13. The van der Waals surface area contributed by atoms with Gasteiger partial charge in [-0.2, -0.15) is 0 Å². The quantitative estimate of drug-likeness (QED) is 0.613. The SMILES string of the molecule is O[C@@H]1COCC1N1CCCCC1. The van der Waals surface area contributed by atoms with Crippen molar-refractivity contribution in [3.63, 3.8) is 0 Å². The summed E-state index contributed by atoms with van der Waals surface area (Å²) >= 11 is 0. The lowest BCUT2D eigenvalue weighted by atomic mass is 10.1. The van der Waals surface area contributed by atoms with Crippen molar-refractivity contribution < 1.29 is 9.84 Å². The van der Waals surface area contributed by atoms with Gasteiger partial charge in [0.15, 0.2) is 0 Å². The smallest absolute Gasteiger partial charge is 0.0950 e. The van der Waals surface area contributed by atoms with Gasteiger partial charge in [0, 0.05) is 0 Å². The highest BCUT2D eigenvalue weighted by Crippen LogP contribution is 2.18. The van der Waals surface area contributed by atoms with E-state index in [1.807, 2.05) is 0 Å². The second-order valence-electron chi connectivity index (χ2n) is 3.77. The van der Waals surface area contributed by atoms with Gasteiger partial charge in [-0.25, -0.2) is 0 Å². The molecule has 0 spiro atoms. The number of ether oxygens (including phenoxy) is 1. The summed E-state index contributed by atoms with van der Waals surface area (Å²) in [7, 11) is 0. The number of hydrogen-bond donors (Lipinski definition) is 1. The molecule has 0 aromatic heterocycles. The van der Waals surface area contributed by atoms with Gasteiger partial charge >= 0.3 is 0 Å². The molecule has 70 valence electrons. The van der Waals surface area contributed by atoms with E-state index in [2.05, 4.69) is 4.90 Å². The van der Waals surface area contributed by atoms with Crippen molar-refractivity contribution >= 4 is 0 Å². The molecule has 0 aliphatic carbocycles. The van der Waals surface area contributed by atoms with Crippen molar-refractivity contribution in [2.45, 2.75) is 31.4 Å². The van der Waals surface area contributed by atoms with Gasteiger partial charge in [0.25, 0.3) is 0 Å². The molecule has 1 unspecified atom stereocenters. The van der Waals surface area contributed by atoms with Gasteiger partial charge in [-0.3, -0.25) is 4.90 Å². The van der Waals surface area contributed by atoms with E-state index in [0.29, 0.717) is 6.61 Å². The van der Waals surface area contributed by atoms with Crippen molar-refractivity contribution in [2.24, 2.45) is 0 Å². The van der Waals surface area contributed by atoms with Crippen molar-refractivity contribution in [3.05, 3.63) is 0 Å². The Labute approximate surface area is 73.3 Å². The van der Waals surface area contributed by atoms with E-state index in [9.17, 15) is 5.11 Å². The normalized spacial score (nSPS) is 38.8. The minimum atomic E-state index is -0.247. The first-order chi connectivity index (χ1) is 5.88. The summed E-state index contributed by atoms with van der Waals surface area (Å²) in [4.78, 5) is 2.38. The molecule has 0 aromatic rings. The van der Waals surface area contributed by atoms with Crippen LogP contribution in [-0.4, -0.2) is 48.5 Å². The minimum Gasteiger partial charge on any atom is -0.389 e.